The van der Waals surface area contributed by atoms with E-state index in [1.807, 2.05) is 12.1 Å². The molecule has 0 aliphatic carbocycles. The molecule has 3 N–H and O–H groups in total. The van der Waals surface area contributed by atoms with Crippen LogP contribution in [0.3, 0.4) is 0 Å². The summed E-state index contributed by atoms with van der Waals surface area (Å²) in [7, 11) is 0. The molecule has 3 heteroatoms. The van der Waals surface area contributed by atoms with Crippen LogP contribution in [-0.2, 0) is 0 Å². The minimum atomic E-state index is 0.714. The summed E-state index contributed by atoms with van der Waals surface area (Å²) in [5.74, 6) is 0. The monoisotopic (exact) mass is 393 g/mol. The van der Waals surface area contributed by atoms with Crippen molar-refractivity contribution in [1.82, 2.24) is 0 Å². The summed E-state index contributed by atoms with van der Waals surface area (Å²) in [6.45, 7) is 6.29. The summed E-state index contributed by atoms with van der Waals surface area (Å²) in [4.78, 5) is 2.23. The van der Waals surface area contributed by atoms with Gasteiger partial charge in [-0.15, -0.1) is 0 Å². The van der Waals surface area contributed by atoms with E-state index in [1.165, 1.54) is 16.7 Å². The van der Waals surface area contributed by atoms with Crippen LogP contribution in [0.15, 0.2) is 91.0 Å². The van der Waals surface area contributed by atoms with Crippen LogP contribution >= 0.6 is 0 Å². The average Bonchev–Trinajstić information content (AvgIpc) is 2.72. The fraction of sp³-hybridized carbons (Fsp3) is 0.111. The third kappa shape index (κ3) is 4.47. The van der Waals surface area contributed by atoms with Crippen molar-refractivity contribution in [3.05, 3.63) is 108 Å². The number of nitrogens with one attached hydrogen (secondary N) is 1. The number of nitrogens with two attached hydrogens (primary N) is 1. The Morgan fingerprint density at radius 3 is 1.50 bits per heavy atom. The summed E-state index contributed by atoms with van der Waals surface area (Å²) < 4.78 is 0. The molecule has 4 aromatic rings. The van der Waals surface area contributed by atoms with Crippen molar-refractivity contribution in [1.29, 1.82) is 0 Å². The number of rotatable bonds is 5. The number of anilines is 6. The van der Waals surface area contributed by atoms with Gasteiger partial charge in [0.1, 0.15) is 0 Å². The predicted octanol–water partition coefficient (Wildman–Crippen LogP) is 7.41. The summed E-state index contributed by atoms with van der Waals surface area (Å²) in [6.07, 6.45) is 0. The Hall–Kier alpha value is -3.72. The summed E-state index contributed by atoms with van der Waals surface area (Å²) in [5.41, 5.74) is 15.9. The number of hydrogen-bond donors (Lipinski definition) is 2. The highest BCUT2D eigenvalue weighted by Gasteiger charge is 2.14. The molecule has 150 valence electrons. The Balaban J connectivity index is 1.77. The lowest BCUT2D eigenvalue weighted by atomic mass is 10.1. The molecule has 0 radical (unpaired) electrons. The van der Waals surface area contributed by atoms with Gasteiger partial charge in [-0.3, -0.25) is 0 Å². The van der Waals surface area contributed by atoms with Gasteiger partial charge in [-0.25, -0.2) is 0 Å². The van der Waals surface area contributed by atoms with E-state index < -0.39 is 0 Å². The van der Waals surface area contributed by atoms with E-state index in [0.717, 1.165) is 28.4 Å². The van der Waals surface area contributed by atoms with Crippen LogP contribution < -0.4 is 16.0 Å². The van der Waals surface area contributed by atoms with E-state index in [9.17, 15) is 0 Å². The zero-order valence-corrected chi connectivity index (χ0v) is 17.7. The van der Waals surface area contributed by atoms with Gasteiger partial charge in [0.2, 0.25) is 0 Å². The quantitative estimate of drug-likeness (QED) is 0.347. The molecular weight excluding hydrogens is 366 g/mol. The highest BCUT2D eigenvalue weighted by atomic mass is 15.1. The zero-order chi connectivity index (χ0) is 21.1. The van der Waals surface area contributed by atoms with E-state index >= 15 is 0 Å². The van der Waals surface area contributed by atoms with Gasteiger partial charge in [0.05, 0.1) is 5.69 Å². The van der Waals surface area contributed by atoms with E-state index in [0.29, 0.717) is 5.69 Å². The van der Waals surface area contributed by atoms with Gasteiger partial charge in [0, 0.05) is 28.4 Å². The summed E-state index contributed by atoms with van der Waals surface area (Å²) in [6, 6.07) is 31.6. The Morgan fingerprint density at radius 1 is 0.533 bits per heavy atom. The lowest BCUT2D eigenvalue weighted by Gasteiger charge is -2.26. The van der Waals surface area contributed by atoms with Crippen LogP contribution in [0.5, 0.6) is 0 Å². The standard InChI is InChI=1S/C27H27N3/c1-19-4-10-23(11-5-19)29-24-16-22(28)17-27(18-24)30(25-12-6-20(2)7-13-25)26-14-8-21(3)9-15-26/h4-18,29H,28H2,1-3H3. The second-order valence-electron chi connectivity index (χ2n) is 7.81. The zero-order valence-electron chi connectivity index (χ0n) is 17.7. The van der Waals surface area contributed by atoms with Crippen molar-refractivity contribution in [2.45, 2.75) is 20.8 Å². The molecule has 4 aromatic carbocycles. The molecule has 0 saturated carbocycles. The van der Waals surface area contributed by atoms with Crippen LogP contribution in [0.25, 0.3) is 0 Å². The van der Waals surface area contributed by atoms with Crippen molar-refractivity contribution in [2.24, 2.45) is 0 Å². The smallest absolute Gasteiger partial charge is 0.0502 e. The Bertz CT molecular complexity index is 1080. The van der Waals surface area contributed by atoms with Crippen molar-refractivity contribution in [3.63, 3.8) is 0 Å². The van der Waals surface area contributed by atoms with Crippen molar-refractivity contribution >= 4 is 34.1 Å². The fourth-order valence-corrected chi connectivity index (χ4v) is 3.47. The SMILES string of the molecule is Cc1ccc(Nc2cc(N)cc(N(c3ccc(C)cc3)c3ccc(C)cc3)c2)cc1. The van der Waals surface area contributed by atoms with Gasteiger partial charge in [-0.05, 0) is 75.4 Å². The van der Waals surface area contributed by atoms with Gasteiger partial charge in [-0.1, -0.05) is 53.1 Å². The first-order chi connectivity index (χ1) is 14.5. The maximum Gasteiger partial charge on any atom is 0.0502 e. The summed E-state index contributed by atoms with van der Waals surface area (Å²) >= 11 is 0. The molecule has 4 rings (SSSR count). The van der Waals surface area contributed by atoms with Gasteiger partial charge >= 0.3 is 0 Å². The van der Waals surface area contributed by atoms with Gasteiger partial charge < -0.3 is 16.0 Å². The van der Waals surface area contributed by atoms with Crippen LogP contribution in [0, 0.1) is 20.8 Å². The number of benzene rings is 4. The average molecular weight is 394 g/mol. The van der Waals surface area contributed by atoms with Crippen molar-refractivity contribution < 1.29 is 0 Å². The lowest BCUT2D eigenvalue weighted by molar-refractivity contribution is 1.27. The molecule has 0 bridgehead atoms. The molecule has 0 fully saturated rings. The molecule has 0 unspecified atom stereocenters. The Kier molecular flexibility index (Phi) is 5.44. The number of hydrogen-bond acceptors (Lipinski definition) is 3. The number of nitrogens with zero attached hydrogens (tertiary/aromatic N) is 1. The van der Waals surface area contributed by atoms with Crippen LogP contribution in [0.4, 0.5) is 34.1 Å². The van der Waals surface area contributed by atoms with Crippen molar-refractivity contribution in [3.8, 4) is 0 Å². The number of nitrogen functional groups attached to an aromatic ring is 1. The Labute approximate surface area is 178 Å². The minimum absolute atomic E-state index is 0.714. The molecule has 0 amide bonds. The van der Waals surface area contributed by atoms with Crippen LogP contribution in [0.2, 0.25) is 0 Å². The second-order valence-corrected chi connectivity index (χ2v) is 7.81. The molecule has 0 aliphatic heterocycles. The molecule has 0 spiro atoms. The molecule has 0 aliphatic rings. The minimum Gasteiger partial charge on any atom is -0.399 e. The van der Waals surface area contributed by atoms with Crippen LogP contribution in [0.1, 0.15) is 16.7 Å². The maximum absolute atomic E-state index is 6.31. The highest BCUT2D eigenvalue weighted by Crippen LogP contribution is 2.37. The Morgan fingerprint density at radius 2 is 1.00 bits per heavy atom. The fourth-order valence-electron chi connectivity index (χ4n) is 3.47. The van der Waals surface area contributed by atoms with E-state index in [1.54, 1.807) is 0 Å². The van der Waals surface area contributed by atoms with E-state index in [2.05, 4.69) is 110 Å². The van der Waals surface area contributed by atoms with Gasteiger partial charge in [0.25, 0.3) is 0 Å². The highest BCUT2D eigenvalue weighted by molar-refractivity contribution is 5.81. The molecular formula is C27H27N3. The largest absolute Gasteiger partial charge is 0.399 e. The second kappa shape index (κ2) is 8.34. The molecule has 0 saturated heterocycles. The molecule has 0 atom stereocenters. The number of aryl methyl sites for hydroxylation is 3. The van der Waals surface area contributed by atoms with E-state index in [-0.39, 0.29) is 0 Å². The van der Waals surface area contributed by atoms with Gasteiger partial charge in [-0.2, -0.15) is 0 Å². The third-order valence-electron chi connectivity index (χ3n) is 5.12. The third-order valence-corrected chi connectivity index (χ3v) is 5.12. The molecule has 0 aromatic heterocycles. The molecule has 3 nitrogen and oxygen atoms in total. The summed E-state index contributed by atoms with van der Waals surface area (Å²) in [5, 5.41) is 3.48. The van der Waals surface area contributed by atoms with Crippen LogP contribution in [-0.4, -0.2) is 0 Å². The first kappa shape index (κ1) is 19.6. The molecule has 30 heavy (non-hydrogen) atoms. The predicted molar refractivity (Wildman–Crippen MR) is 129 cm³/mol. The maximum atomic E-state index is 6.31. The van der Waals surface area contributed by atoms with E-state index in [4.69, 9.17) is 5.73 Å². The molecule has 0 heterocycles. The van der Waals surface area contributed by atoms with Gasteiger partial charge in [0.15, 0.2) is 0 Å². The normalized spacial score (nSPS) is 10.6. The van der Waals surface area contributed by atoms with Crippen molar-refractivity contribution in [2.75, 3.05) is 16.0 Å². The first-order valence-electron chi connectivity index (χ1n) is 10.2. The first-order valence-corrected chi connectivity index (χ1v) is 10.2. The topological polar surface area (TPSA) is 41.3 Å². The lowest BCUT2D eigenvalue weighted by Crippen LogP contribution is -2.11.